The smallest absolute Gasteiger partial charge is 0.310 e. The average molecular weight is 250 g/mol. The van der Waals surface area contributed by atoms with Crippen molar-refractivity contribution >= 4 is 23.2 Å². The molecule has 0 radical (unpaired) electrons. The van der Waals surface area contributed by atoms with Gasteiger partial charge in [0, 0.05) is 12.6 Å². The van der Waals surface area contributed by atoms with Crippen LogP contribution in [-0.4, -0.2) is 27.8 Å². The lowest BCUT2D eigenvalue weighted by atomic mass is 10.1. The van der Waals surface area contributed by atoms with E-state index in [2.05, 4.69) is 15.6 Å². The molecule has 18 heavy (non-hydrogen) atoms. The molecule has 1 saturated heterocycles. The number of piperidine rings is 1. The minimum atomic E-state index is -0.649. The summed E-state index contributed by atoms with van der Waals surface area (Å²) in [5.74, 6) is -0.806. The monoisotopic (exact) mass is 250 g/mol. The van der Waals surface area contributed by atoms with E-state index in [0.717, 1.165) is 6.20 Å². The highest BCUT2D eigenvalue weighted by Gasteiger charge is 2.28. The number of aromatic nitrogens is 1. The van der Waals surface area contributed by atoms with E-state index in [1.165, 1.54) is 12.3 Å². The fourth-order valence-electron chi connectivity index (χ4n) is 1.67. The van der Waals surface area contributed by atoms with Crippen LogP contribution in [0.2, 0.25) is 0 Å². The highest BCUT2D eigenvalue weighted by Crippen LogP contribution is 2.24. The van der Waals surface area contributed by atoms with Gasteiger partial charge in [-0.2, -0.15) is 0 Å². The van der Waals surface area contributed by atoms with E-state index in [1.54, 1.807) is 0 Å². The van der Waals surface area contributed by atoms with Crippen LogP contribution in [0.3, 0.4) is 0 Å². The summed E-state index contributed by atoms with van der Waals surface area (Å²) < 4.78 is 0. The predicted molar refractivity (Wildman–Crippen MR) is 60.7 cm³/mol. The zero-order valence-corrected chi connectivity index (χ0v) is 9.25. The summed E-state index contributed by atoms with van der Waals surface area (Å²) in [7, 11) is 0. The van der Waals surface area contributed by atoms with E-state index in [9.17, 15) is 19.7 Å². The lowest BCUT2D eigenvalue weighted by Gasteiger charge is -2.22. The van der Waals surface area contributed by atoms with E-state index in [0.29, 0.717) is 6.42 Å². The van der Waals surface area contributed by atoms with Crippen molar-refractivity contribution in [2.75, 3.05) is 5.32 Å². The standard InChI is InChI=1S/C10H10N4O4/c15-9-2-1-7(10(16)13-9)12-6-3-4-11-5-8(6)14(17)18/h3-5,7H,1-2H2,(H,11,12)(H,13,15,16). The van der Waals surface area contributed by atoms with Gasteiger partial charge in [-0.3, -0.25) is 30.0 Å². The molecule has 2 rings (SSSR count). The quantitative estimate of drug-likeness (QED) is 0.450. The molecule has 0 bridgehead atoms. The Bertz CT molecular complexity index is 516. The molecule has 0 saturated carbocycles. The molecule has 0 aliphatic carbocycles. The first-order valence-electron chi connectivity index (χ1n) is 5.26. The largest absolute Gasteiger partial charge is 0.368 e. The second kappa shape index (κ2) is 4.78. The van der Waals surface area contributed by atoms with Crippen molar-refractivity contribution in [3.05, 3.63) is 28.6 Å². The zero-order chi connectivity index (χ0) is 13.1. The van der Waals surface area contributed by atoms with Gasteiger partial charge in [-0.25, -0.2) is 0 Å². The summed E-state index contributed by atoms with van der Waals surface area (Å²) in [5, 5.41) is 15.7. The Kier molecular flexibility index (Phi) is 3.18. The second-order valence-corrected chi connectivity index (χ2v) is 3.80. The first kappa shape index (κ1) is 12.0. The van der Waals surface area contributed by atoms with Crippen LogP contribution in [-0.2, 0) is 9.59 Å². The summed E-state index contributed by atoms with van der Waals surface area (Å²) in [6, 6.07) is 0.769. The summed E-state index contributed by atoms with van der Waals surface area (Å²) in [6.45, 7) is 0. The van der Waals surface area contributed by atoms with Crippen LogP contribution in [0.1, 0.15) is 12.8 Å². The molecule has 8 heteroatoms. The maximum absolute atomic E-state index is 11.5. The molecule has 1 aromatic rings. The van der Waals surface area contributed by atoms with Crippen molar-refractivity contribution in [3.63, 3.8) is 0 Å². The van der Waals surface area contributed by atoms with Crippen molar-refractivity contribution in [2.24, 2.45) is 0 Å². The predicted octanol–water partition coefficient (Wildman–Crippen LogP) is 0.207. The number of nitrogens with one attached hydrogen (secondary N) is 2. The van der Waals surface area contributed by atoms with Gasteiger partial charge in [0.2, 0.25) is 11.8 Å². The Morgan fingerprint density at radius 1 is 1.50 bits per heavy atom. The number of carbonyl (C=O) groups is 2. The normalized spacial score (nSPS) is 19.2. The topological polar surface area (TPSA) is 114 Å². The van der Waals surface area contributed by atoms with Crippen molar-refractivity contribution in [3.8, 4) is 0 Å². The molecule has 1 aliphatic rings. The maximum Gasteiger partial charge on any atom is 0.310 e. The van der Waals surface area contributed by atoms with Gasteiger partial charge in [-0.05, 0) is 12.5 Å². The van der Waals surface area contributed by atoms with E-state index in [-0.39, 0.29) is 23.7 Å². The van der Waals surface area contributed by atoms with Gasteiger partial charge in [0.05, 0.1) is 4.92 Å². The number of carbonyl (C=O) groups excluding carboxylic acids is 2. The molecule has 1 atom stereocenters. The van der Waals surface area contributed by atoms with Gasteiger partial charge >= 0.3 is 5.69 Å². The molecular formula is C10H10N4O4. The van der Waals surface area contributed by atoms with Gasteiger partial charge in [-0.15, -0.1) is 0 Å². The van der Waals surface area contributed by atoms with E-state index >= 15 is 0 Å². The minimum Gasteiger partial charge on any atom is -0.368 e. The summed E-state index contributed by atoms with van der Waals surface area (Å²) >= 11 is 0. The van der Waals surface area contributed by atoms with Gasteiger partial charge < -0.3 is 5.32 Å². The Morgan fingerprint density at radius 2 is 2.28 bits per heavy atom. The molecule has 2 heterocycles. The Labute approximate surface area is 102 Å². The van der Waals surface area contributed by atoms with Crippen LogP contribution in [0, 0.1) is 10.1 Å². The molecule has 0 spiro atoms. The third-order valence-electron chi connectivity index (χ3n) is 2.57. The third kappa shape index (κ3) is 2.42. The average Bonchev–Trinajstić information content (AvgIpc) is 2.33. The number of anilines is 1. The van der Waals surface area contributed by atoms with Crippen LogP contribution in [0.4, 0.5) is 11.4 Å². The van der Waals surface area contributed by atoms with E-state index < -0.39 is 16.9 Å². The second-order valence-electron chi connectivity index (χ2n) is 3.80. The summed E-state index contributed by atoms with van der Waals surface area (Å²) in [4.78, 5) is 36.3. The Balaban J connectivity index is 2.17. The molecule has 94 valence electrons. The lowest BCUT2D eigenvalue weighted by Crippen LogP contribution is -2.47. The molecule has 2 amide bonds. The van der Waals surface area contributed by atoms with Crippen molar-refractivity contribution < 1.29 is 14.5 Å². The number of amides is 2. The van der Waals surface area contributed by atoms with Crippen LogP contribution >= 0.6 is 0 Å². The number of rotatable bonds is 3. The number of nitrogens with zero attached hydrogens (tertiary/aromatic N) is 2. The highest BCUT2D eigenvalue weighted by molar-refractivity contribution is 6.01. The van der Waals surface area contributed by atoms with Crippen LogP contribution in [0.5, 0.6) is 0 Å². The van der Waals surface area contributed by atoms with Gasteiger partial charge in [0.1, 0.15) is 17.9 Å². The molecule has 1 fully saturated rings. The third-order valence-corrected chi connectivity index (χ3v) is 2.57. The van der Waals surface area contributed by atoms with Gasteiger partial charge in [0.25, 0.3) is 0 Å². The fraction of sp³-hybridized carbons (Fsp3) is 0.300. The molecule has 1 aliphatic heterocycles. The van der Waals surface area contributed by atoms with Crippen LogP contribution in [0.25, 0.3) is 0 Å². The zero-order valence-electron chi connectivity index (χ0n) is 9.25. The molecule has 0 aromatic carbocycles. The van der Waals surface area contributed by atoms with E-state index in [4.69, 9.17) is 0 Å². The molecule has 1 unspecified atom stereocenters. The van der Waals surface area contributed by atoms with E-state index in [1.807, 2.05) is 0 Å². The van der Waals surface area contributed by atoms with Crippen molar-refractivity contribution in [2.45, 2.75) is 18.9 Å². The maximum atomic E-state index is 11.5. The van der Waals surface area contributed by atoms with Gasteiger partial charge in [0.15, 0.2) is 0 Å². The number of hydrogen-bond acceptors (Lipinski definition) is 6. The lowest BCUT2D eigenvalue weighted by molar-refractivity contribution is -0.384. The fourth-order valence-corrected chi connectivity index (χ4v) is 1.67. The Hall–Kier alpha value is -2.51. The highest BCUT2D eigenvalue weighted by atomic mass is 16.6. The number of nitro groups is 1. The molecule has 2 N–H and O–H groups in total. The first-order valence-corrected chi connectivity index (χ1v) is 5.26. The number of hydrogen-bond donors (Lipinski definition) is 2. The Morgan fingerprint density at radius 3 is 2.94 bits per heavy atom. The van der Waals surface area contributed by atoms with Gasteiger partial charge in [-0.1, -0.05) is 0 Å². The van der Waals surface area contributed by atoms with Crippen LogP contribution < -0.4 is 10.6 Å². The molecule has 1 aromatic heterocycles. The number of pyridine rings is 1. The van der Waals surface area contributed by atoms with Crippen molar-refractivity contribution in [1.29, 1.82) is 0 Å². The summed E-state index contributed by atoms with van der Waals surface area (Å²) in [5.41, 5.74) is 0.00620. The first-order chi connectivity index (χ1) is 8.58. The van der Waals surface area contributed by atoms with Crippen LogP contribution in [0.15, 0.2) is 18.5 Å². The minimum absolute atomic E-state index is 0.206. The molecular weight excluding hydrogens is 240 g/mol. The van der Waals surface area contributed by atoms with Crippen molar-refractivity contribution in [1.82, 2.24) is 10.3 Å². The summed E-state index contributed by atoms with van der Waals surface area (Å²) in [6.07, 6.45) is 3.02. The SMILES string of the molecule is O=C1CCC(Nc2ccncc2[N+](=O)[O-])C(=O)N1. The molecule has 8 nitrogen and oxygen atoms in total. The number of imide groups is 1.